The van der Waals surface area contributed by atoms with E-state index >= 15 is 0 Å². The molecule has 0 saturated carbocycles. The molecule has 7 heteroatoms. The summed E-state index contributed by atoms with van der Waals surface area (Å²) in [6.07, 6.45) is 1.49. The first-order valence-electron chi connectivity index (χ1n) is 9.99. The van der Waals surface area contributed by atoms with Crippen LogP contribution in [-0.4, -0.2) is 38.5 Å². The van der Waals surface area contributed by atoms with Crippen LogP contribution in [0.15, 0.2) is 59.5 Å². The van der Waals surface area contributed by atoms with Gasteiger partial charge >= 0.3 is 0 Å². The fourth-order valence-electron chi connectivity index (χ4n) is 3.45. The molecule has 0 saturated heterocycles. The van der Waals surface area contributed by atoms with Gasteiger partial charge in [-0.3, -0.25) is 14.5 Å². The number of fused-ring (bicyclic) bond motifs is 3. The highest BCUT2D eigenvalue weighted by atomic mass is 16.2. The summed E-state index contributed by atoms with van der Waals surface area (Å²) in [4.78, 5) is 30.3. The van der Waals surface area contributed by atoms with E-state index < -0.39 is 0 Å². The third-order valence-electron chi connectivity index (χ3n) is 5.48. The van der Waals surface area contributed by atoms with E-state index in [2.05, 4.69) is 47.3 Å². The number of hydrogen-bond acceptors (Lipinski definition) is 4. The molecule has 1 amide bonds. The Balaban J connectivity index is 1.59. The Hall–Kier alpha value is -3.45. The molecule has 2 aromatic carbocycles. The van der Waals surface area contributed by atoms with Crippen LogP contribution in [0.1, 0.15) is 35.3 Å². The quantitative estimate of drug-likeness (QED) is 0.519. The van der Waals surface area contributed by atoms with E-state index in [9.17, 15) is 9.59 Å². The number of benzene rings is 2. The second-order valence-corrected chi connectivity index (χ2v) is 7.75. The molecule has 0 atom stereocenters. The van der Waals surface area contributed by atoms with Gasteiger partial charge in [0.2, 0.25) is 0 Å². The minimum atomic E-state index is -0.275. The first-order chi connectivity index (χ1) is 14.5. The Bertz CT molecular complexity index is 1270. The average Bonchev–Trinajstić information content (AvgIpc) is 3.17. The van der Waals surface area contributed by atoms with Gasteiger partial charge in [0.25, 0.3) is 11.5 Å². The Kier molecular flexibility index (Phi) is 5.37. The van der Waals surface area contributed by atoms with Gasteiger partial charge in [-0.25, -0.2) is 4.52 Å². The number of nitrogens with zero attached hydrogens (tertiary/aromatic N) is 3. The molecule has 0 unspecified atom stereocenters. The molecule has 0 radical (unpaired) electrons. The number of para-hydroxylation sites is 1. The lowest BCUT2D eigenvalue weighted by atomic mass is 10.1. The number of amides is 1. The highest BCUT2D eigenvalue weighted by Gasteiger charge is 2.16. The molecule has 0 aliphatic heterocycles. The molecule has 7 nitrogen and oxygen atoms in total. The molecule has 2 aromatic heterocycles. The summed E-state index contributed by atoms with van der Waals surface area (Å²) in [5, 5.41) is 7.82. The molecule has 0 spiro atoms. The molecule has 0 aliphatic carbocycles. The molecular weight excluding hydrogens is 378 g/mol. The average molecular weight is 403 g/mol. The molecule has 0 fully saturated rings. The number of aromatic amines is 1. The Morgan fingerprint density at radius 1 is 1.13 bits per heavy atom. The Morgan fingerprint density at radius 3 is 2.60 bits per heavy atom. The molecule has 0 aliphatic rings. The van der Waals surface area contributed by atoms with E-state index in [1.54, 1.807) is 16.6 Å². The van der Waals surface area contributed by atoms with Crippen LogP contribution in [0.5, 0.6) is 0 Å². The van der Waals surface area contributed by atoms with Gasteiger partial charge in [-0.2, -0.15) is 5.10 Å². The first kappa shape index (κ1) is 19.8. The van der Waals surface area contributed by atoms with Crippen LogP contribution in [0.4, 0.5) is 0 Å². The monoisotopic (exact) mass is 403 g/mol. The number of hydrogen-bond donors (Lipinski definition) is 2. The normalized spacial score (nSPS) is 11.6. The highest BCUT2D eigenvalue weighted by Crippen LogP contribution is 2.16. The van der Waals surface area contributed by atoms with Crippen molar-refractivity contribution in [2.45, 2.75) is 33.0 Å². The van der Waals surface area contributed by atoms with Gasteiger partial charge in [0, 0.05) is 19.1 Å². The molecule has 2 N–H and O–H groups in total. The molecule has 30 heavy (non-hydrogen) atoms. The standard InChI is InChI=1S/C23H25N5O2/c1-15(2)27(3)14-17-9-5-4-8-16(17)12-24-22(29)19-13-25-28-20-11-7-6-10-18(20)23(30)26-21(19)28/h4-11,13,15H,12,14H2,1-3H3,(H,24,29)(H,26,30). The maximum Gasteiger partial charge on any atom is 0.259 e. The van der Waals surface area contributed by atoms with E-state index in [0.29, 0.717) is 34.7 Å². The SMILES string of the molecule is CC(C)N(C)Cc1ccccc1CNC(=O)c1cnn2c1[nH]c(=O)c1ccccc12. The summed E-state index contributed by atoms with van der Waals surface area (Å²) in [6.45, 7) is 5.51. The molecule has 4 rings (SSSR count). The summed E-state index contributed by atoms with van der Waals surface area (Å²) >= 11 is 0. The fourth-order valence-corrected chi connectivity index (χ4v) is 3.45. The first-order valence-corrected chi connectivity index (χ1v) is 9.99. The van der Waals surface area contributed by atoms with Gasteiger partial charge < -0.3 is 10.3 Å². The number of H-pyrrole nitrogens is 1. The van der Waals surface area contributed by atoms with Crippen molar-refractivity contribution in [2.24, 2.45) is 0 Å². The lowest BCUT2D eigenvalue weighted by Gasteiger charge is -2.22. The third-order valence-corrected chi connectivity index (χ3v) is 5.48. The predicted octanol–water partition coefficient (Wildman–Crippen LogP) is 2.95. The maximum atomic E-state index is 12.9. The lowest BCUT2D eigenvalue weighted by molar-refractivity contribution is 0.0952. The zero-order valence-electron chi connectivity index (χ0n) is 17.3. The van der Waals surface area contributed by atoms with Crippen molar-refractivity contribution in [2.75, 3.05) is 7.05 Å². The lowest BCUT2D eigenvalue weighted by Crippen LogP contribution is -2.28. The highest BCUT2D eigenvalue weighted by molar-refractivity contribution is 6.00. The summed E-state index contributed by atoms with van der Waals surface area (Å²) in [5.41, 5.74) is 3.40. The van der Waals surface area contributed by atoms with Crippen molar-refractivity contribution in [1.82, 2.24) is 24.8 Å². The molecule has 154 valence electrons. The van der Waals surface area contributed by atoms with E-state index in [1.807, 2.05) is 30.3 Å². The smallest absolute Gasteiger partial charge is 0.259 e. The van der Waals surface area contributed by atoms with Gasteiger partial charge in [-0.1, -0.05) is 36.4 Å². The van der Waals surface area contributed by atoms with Gasteiger partial charge in [-0.15, -0.1) is 0 Å². The topological polar surface area (TPSA) is 82.5 Å². The van der Waals surface area contributed by atoms with Crippen molar-refractivity contribution >= 4 is 22.5 Å². The van der Waals surface area contributed by atoms with Crippen molar-refractivity contribution in [3.8, 4) is 0 Å². The van der Waals surface area contributed by atoms with Crippen LogP contribution in [0, 0.1) is 0 Å². The van der Waals surface area contributed by atoms with Crippen molar-refractivity contribution in [1.29, 1.82) is 0 Å². The van der Waals surface area contributed by atoms with E-state index in [-0.39, 0.29) is 11.5 Å². The summed E-state index contributed by atoms with van der Waals surface area (Å²) in [6, 6.07) is 15.7. The number of carbonyl (C=O) groups excluding carboxylic acids is 1. The third kappa shape index (κ3) is 3.71. The largest absolute Gasteiger partial charge is 0.348 e. The van der Waals surface area contributed by atoms with E-state index in [1.165, 1.54) is 11.8 Å². The van der Waals surface area contributed by atoms with Gasteiger partial charge in [0.15, 0.2) is 0 Å². The van der Waals surface area contributed by atoms with Crippen molar-refractivity contribution in [3.63, 3.8) is 0 Å². The van der Waals surface area contributed by atoms with E-state index in [4.69, 9.17) is 0 Å². The number of rotatable bonds is 6. The van der Waals surface area contributed by atoms with Gasteiger partial charge in [-0.05, 0) is 44.2 Å². The molecule has 0 bridgehead atoms. The molecule has 4 aromatic rings. The van der Waals surface area contributed by atoms with Gasteiger partial charge in [0.1, 0.15) is 11.2 Å². The Morgan fingerprint density at radius 2 is 1.83 bits per heavy atom. The summed E-state index contributed by atoms with van der Waals surface area (Å²) < 4.78 is 1.59. The number of aromatic nitrogens is 3. The zero-order valence-corrected chi connectivity index (χ0v) is 17.3. The second kappa shape index (κ2) is 8.12. The zero-order chi connectivity index (χ0) is 21.3. The summed E-state index contributed by atoms with van der Waals surface area (Å²) in [5.74, 6) is -0.275. The van der Waals surface area contributed by atoms with Crippen molar-refractivity contribution in [3.05, 3.63) is 81.8 Å². The van der Waals surface area contributed by atoms with Crippen LogP contribution in [-0.2, 0) is 13.1 Å². The Labute approximate surface area is 174 Å². The number of carbonyl (C=O) groups is 1. The van der Waals surface area contributed by atoms with Crippen LogP contribution in [0.3, 0.4) is 0 Å². The van der Waals surface area contributed by atoms with E-state index in [0.717, 1.165) is 12.1 Å². The maximum absolute atomic E-state index is 12.9. The minimum Gasteiger partial charge on any atom is -0.348 e. The van der Waals surface area contributed by atoms with Gasteiger partial charge in [0.05, 0.1) is 17.1 Å². The predicted molar refractivity (Wildman–Crippen MR) is 118 cm³/mol. The van der Waals surface area contributed by atoms with Crippen LogP contribution in [0.2, 0.25) is 0 Å². The molecule has 2 heterocycles. The number of nitrogens with one attached hydrogen (secondary N) is 2. The van der Waals surface area contributed by atoms with Crippen molar-refractivity contribution < 1.29 is 4.79 Å². The molecular formula is C23H25N5O2. The minimum absolute atomic E-state index is 0.241. The van der Waals surface area contributed by atoms with Crippen LogP contribution in [0.25, 0.3) is 16.6 Å². The van der Waals surface area contributed by atoms with Crippen LogP contribution >= 0.6 is 0 Å². The fraction of sp³-hybridized carbons (Fsp3) is 0.261. The van der Waals surface area contributed by atoms with Crippen LogP contribution < -0.4 is 10.9 Å². The second-order valence-electron chi connectivity index (χ2n) is 7.75. The summed E-state index contributed by atoms with van der Waals surface area (Å²) in [7, 11) is 2.08.